The van der Waals surface area contributed by atoms with Crippen molar-refractivity contribution in [2.75, 3.05) is 6.54 Å². The van der Waals surface area contributed by atoms with Crippen molar-refractivity contribution < 1.29 is 9.59 Å². The predicted octanol–water partition coefficient (Wildman–Crippen LogP) is 3.33. The van der Waals surface area contributed by atoms with Crippen LogP contribution in [0.1, 0.15) is 35.2 Å². The summed E-state index contributed by atoms with van der Waals surface area (Å²) >= 11 is 0. The number of carbonyl (C=O) groups excluding carboxylic acids is 2. The second kappa shape index (κ2) is 7.91. The van der Waals surface area contributed by atoms with E-state index in [2.05, 4.69) is 0 Å². The number of para-hydroxylation sites is 1. The molecule has 0 spiro atoms. The molecule has 2 N–H and O–H groups in total. The third-order valence-corrected chi connectivity index (χ3v) is 5.46. The molecular weight excluding hydrogens is 364 g/mol. The lowest BCUT2D eigenvalue weighted by Crippen LogP contribution is -2.50. The maximum atomic E-state index is 13.5. The molecule has 0 radical (unpaired) electrons. The summed E-state index contributed by atoms with van der Waals surface area (Å²) in [4.78, 5) is 27.1. The van der Waals surface area contributed by atoms with E-state index in [1.807, 2.05) is 61.5 Å². The Morgan fingerprint density at radius 1 is 1.03 bits per heavy atom. The Bertz CT molecular complexity index is 1040. The Hall–Kier alpha value is -3.41. The van der Waals surface area contributed by atoms with Crippen molar-refractivity contribution in [3.05, 3.63) is 71.9 Å². The Labute approximate surface area is 169 Å². The van der Waals surface area contributed by atoms with Crippen LogP contribution in [-0.2, 0) is 4.79 Å². The number of aromatic nitrogens is 2. The normalized spacial score (nSPS) is 16.6. The fourth-order valence-corrected chi connectivity index (χ4v) is 3.91. The van der Waals surface area contributed by atoms with Crippen LogP contribution in [0.15, 0.2) is 60.8 Å². The van der Waals surface area contributed by atoms with E-state index >= 15 is 0 Å². The highest BCUT2D eigenvalue weighted by Gasteiger charge is 2.33. The van der Waals surface area contributed by atoms with E-state index in [0.29, 0.717) is 24.2 Å². The number of rotatable bonds is 4. The largest absolute Gasteiger partial charge is 0.368 e. The zero-order chi connectivity index (χ0) is 20.4. The number of likely N-dealkylation sites (tertiary alicyclic amines) is 1. The lowest BCUT2D eigenvalue weighted by Gasteiger charge is -2.33. The summed E-state index contributed by atoms with van der Waals surface area (Å²) in [6.45, 7) is 2.52. The zero-order valence-corrected chi connectivity index (χ0v) is 16.4. The molecule has 148 valence electrons. The molecular formula is C23H24N4O2. The van der Waals surface area contributed by atoms with Crippen LogP contribution in [0, 0.1) is 6.92 Å². The molecule has 1 saturated heterocycles. The molecule has 1 fully saturated rings. The van der Waals surface area contributed by atoms with Crippen LogP contribution in [0.3, 0.4) is 0 Å². The van der Waals surface area contributed by atoms with E-state index in [4.69, 9.17) is 10.8 Å². The van der Waals surface area contributed by atoms with Gasteiger partial charge in [-0.05, 0) is 43.9 Å². The highest BCUT2D eigenvalue weighted by molar-refractivity contribution is 6.02. The molecule has 1 aliphatic rings. The molecule has 0 unspecified atom stereocenters. The van der Waals surface area contributed by atoms with Gasteiger partial charge in [0.2, 0.25) is 5.91 Å². The molecule has 2 aromatic carbocycles. The quantitative estimate of drug-likeness (QED) is 0.744. The molecule has 1 aromatic heterocycles. The van der Waals surface area contributed by atoms with Crippen molar-refractivity contribution in [2.45, 2.75) is 32.2 Å². The number of nitrogens with two attached hydrogens (primary N) is 1. The van der Waals surface area contributed by atoms with Gasteiger partial charge in [-0.1, -0.05) is 42.5 Å². The van der Waals surface area contributed by atoms with Gasteiger partial charge in [-0.25, -0.2) is 4.68 Å². The summed E-state index contributed by atoms with van der Waals surface area (Å²) in [5.41, 5.74) is 9.49. The summed E-state index contributed by atoms with van der Waals surface area (Å²) in [7, 11) is 0. The molecule has 0 saturated carbocycles. The Morgan fingerprint density at radius 2 is 1.76 bits per heavy atom. The molecule has 0 bridgehead atoms. The fourth-order valence-electron chi connectivity index (χ4n) is 3.91. The number of carbonyl (C=O) groups is 2. The van der Waals surface area contributed by atoms with Crippen molar-refractivity contribution in [1.82, 2.24) is 14.7 Å². The van der Waals surface area contributed by atoms with Crippen molar-refractivity contribution in [3.63, 3.8) is 0 Å². The first kappa shape index (κ1) is 18.9. The number of amides is 2. The van der Waals surface area contributed by atoms with Crippen molar-refractivity contribution in [3.8, 4) is 16.9 Å². The van der Waals surface area contributed by atoms with Gasteiger partial charge in [-0.15, -0.1) is 0 Å². The Morgan fingerprint density at radius 3 is 2.48 bits per heavy atom. The SMILES string of the molecule is Cc1ccccc1-c1nn(-c2ccccc2)cc1C(=O)N1CCCC[C@@H]1C(N)=O. The van der Waals surface area contributed by atoms with Gasteiger partial charge in [0.25, 0.3) is 5.91 Å². The van der Waals surface area contributed by atoms with Crippen LogP contribution < -0.4 is 5.73 Å². The first-order valence-electron chi connectivity index (χ1n) is 9.87. The first-order chi connectivity index (χ1) is 14.1. The minimum atomic E-state index is -0.568. The van der Waals surface area contributed by atoms with E-state index < -0.39 is 11.9 Å². The third-order valence-electron chi connectivity index (χ3n) is 5.46. The smallest absolute Gasteiger partial charge is 0.258 e. The summed E-state index contributed by atoms with van der Waals surface area (Å²) in [5, 5.41) is 4.75. The first-order valence-corrected chi connectivity index (χ1v) is 9.87. The van der Waals surface area contributed by atoms with Crippen LogP contribution in [0.5, 0.6) is 0 Å². The number of aryl methyl sites for hydroxylation is 1. The van der Waals surface area contributed by atoms with Crippen LogP contribution in [0.4, 0.5) is 0 Å². The van der Waals surface area contributed by atoms with Gasteiger partial charge in [0.1, 0.15) is 11.7 Å². The van der Waals surface area contributed by atoms with Crippen LogP contribution >= 0.6 is 0 Å². The number of hydrogen-bond donors (Lipinski definition) is 1. The molecule has 3 aromatic rings. The average molecular weight is 388 g/mol. The van der Waals surface area contributed by atoms with E-state index in [1.165, 1.54) is 0 Å². The summed E-state index contributed by atoms with van der Waals surface area (Å²) in [6, 6.07) is 17.0. The summed E-state index contributed by atoms with van der Waals surface area (Å²) in [5.74, 6) is -0.653. The van der Waals surface area contributed by atoms with E-state index in [-0.39, 0.29) is 5.91 Å². The Balaban J connectivity index is 1.83. The summed E-state index contributed by atoms with van der Waals surface area (Å²) in [6.07, 6.45) is 4.12. The van der Waals surface area contributed by atoms with Crippen LogP contribution in [0.25, 0.3) is 16.9 Å². The van der Waals surface area contributed by atoms with Gasteiger partial charge in [-0.2, -0.15) is 5.10 Å². The zero-order valence-electron chi connectivity index (χ0n) is 16.4. The molecule has 6 nitrogen and oxygen atoms in total. The van der Waals surface area contributed by atoms with E-state index in [0.717, 1.165) is 29.7 Å². The van der Waals surface area contributed by atoms with Crippen molar-refractivity contribution >= 4 is 11.8 Å². The summed E-state index contributed by atoms with van der Waals surface area (Å²) < 4.78 is 1.72. The molecule has 4 rings (SSSR count). The maximum Gasteiger partial charge on any atom is 0.258 e. The fraction of sp³-hybridized carbons (Fsp3) is 0.261. The van der Waals surface area contributed by atoms with E-state index in [9.17, 15) is 9.59 Å². The minimum absolute atomic E-state index is 0.200. The number of hydrogen-bond acceptors (Lipinski definition) is 3. The second-order valence-electron chi connectivity index (χ2n) is 7.40. The standard InChI is InChI=1S/C23H24N4O2/c1-16-9-5-6-12-18(16)21-19(15-27(25-21)17-10-3-2-4-11-17)23(29)26-14-8-7-13-20(26)22(24)28/h2-6,9-12,15,20H,7-8,13-14H2,1H3,(H2,24,28)/t20-/m1/s1. The van der Waals surface area contributed by atoms with Gasteiger partial charge in [0, 0.05) is 18.3 Å². The van der Waals surface area contributed by atoms with Crippen LogP contribution in [0.2, 0.25) is 0 Å². The molecule has 1 atom stereocenters. The lowest BCUT2D eigenvalue weighted by molar-refractivity contribution is -0.123. The topological polar surface area (TPSA) is 81.2 Å². The maximum absolute atomic E-state index is 13.5. The van der Waals surface area contributed by atoms with Gasteiger partial charge in [0.15, 0.2) is 0 Å². The number of primary amides is 1. The van der Waals surface area contributed by atoms with E-state index in [1.54, 1.807) is 15.8 Å². The molecule has 2 amide bonds. The third kappa shape index (κ3) is 3.66. The molecule has 6 heteroatoms. The lowest BCUT2D eigenvalue weighted by atomic mass is 9.98. The minimum Gasteiger partial charge on any atom is -0.368 e. The molecule has 0 aliphatic carbocycles. The molecule has 2 heterocycles. The van der Waals surface area contributed by atoms with Crippen LogP contribution in [-0.4, -0.2) is 39.1 Å². The van der Waals surface area contributed by atoms with Gasteiger partial charge < -0.3 is 10.6 Å². The number of benzene rings is 2. The average Bonchev–Trinajstić information content (AvgIpc) is 3.19. The highest BCUT2D eigenvalue weighted by atomic mass is 16.2. The van der Waals surface area contributed by atoms with Gasteiger partial charge in [0.05, 0.1) is 11.3 Å². The highest BCUT2D eigenvalue weighted by Crippen LogP contribution is 2.29. The number of nitrogens with zero attached hydrogens (tertiary/aromatic N) is 3. The second-order valence-corrected chi connectivity index (χ2v) is 7.40. The number of piperidine rings is 1. The molecule has 29 heavy (non-hydrogen) atoms. The molecule has 1 aliphatic heterocycles. The van der Waals surface area contributed by atoms with Crippen molar-refractivity contribution in [1.29, 1.82) is 0 Å². The monoisotopic (exact) mass is 388 g/mol. The van der Waals surface area contributed by atoms with Gasteiger partial charge >= 0.3 is 0 Å². The van der Waals surface area contributed by atoms with Crippen molar-refractivity contribution in [2.24, 2.45) is 5.73 Å². The van der Waals surface area contributed by atoms with Gasteiger partial charge in [-0.3, -0.25) is 9.59 Å². The predicted molar refractivity (Wildman–Crippen MR) is 112 cm³/mol. The Kier molecular flexibility index (Phi) is 5.16.